The fourth-order valence-electron chi connectivity index (χ4n) is 5.05. The Morgan fingerprint density at radius 1 is 1.20 bits per heavy atom. The number of carbonyl (C=O) groups is 1. The predicted octanol–water partition coefficient (Wildman–Crippen LogP) is 4.25. The van der Waals surface area contributed by atoms with Crippen molar-refractivity contribution < 1.29 is 4.79 Å². The predicted molar refractivity (Wildman–Crippen MR) is 104 cm³/mol. The first-order valence-corrected chi connectivity index (χ1v) is 10.8. The molecule has 1 amide bonds. The van der Waals surface area contributed by atoms with Crippen LogP contribution in [0.15, 0.2) is 6.07 Å². The van der Waals surface area contributed by atoms with Crippen molar-refractivity contribution >= 4 is 17.2 Å². The number of hydrogen-bond donors (Lipinski definition) is 1. The minimum absolute atomic E-state index is 0.248. The van der Waals surface area contributed by atoms with Crippen molar-refractivity contribution in [2.24, 2.45) is 11.3 Å². The Kier molecular flexibility index (Phi) is 4.48. The first-order valence-electron chi connectivity index (χ1n) is 9.96. The Morgan fingerprint density at radius 3 is 2.52 bits per heavy atom. The SMILES string of the molecule is CN(C(=O)c1cc2c(s1)CCC(C(C)(C)C)C2)C1CC2CCC(C1)N2. The summed E-state index contributed by atoms with van der Waals surface area (Å²) in [6, 6.07) is 3.88. The summed E-state index contributed by atoms with van der Waals surface area (Å²) in [4.78, 5) is 17.6. The van der Waals surface area contributed by atoms with Gasteiger partial charge in [-0.15, -0.1) is 11.3 Å². The molecule has 2 saturated heterocycles. The van der Waals surface area contributed by atoms with Crippen LogP contribution in [0, 0.1) is 11.3 Å². The highest BCUT2D eigenvalue weighted by atomic mass is 32.1. The van der Waals surface area contributed by atoms with Crippen LogP contribution in [0.3, 0.4) is 0 Å². The van der Waals surface area contributed by atoms with E-state index in [2.05, 4.69) is 32.2 Å². The Hall–Kier alpha value is -0.870. The van der Waals surface area contributed by atoms with Crippen LogP contribution in [-0.2, 0) is 12.8 Å². The van der Waals surface area contributed by atoms with Crippen molar-refractivity contribution in [3.8, 4) is 0 Å². The van der Waals surface area contributed by atoms with Crippen molar-refractivity contribution in [3.63, 3.8) is 0 Å². The molecule has 0 spiro atoms. The van der Waals surface area contributed by atoms with Gasteiger partial charge in [0.2, 0.25) is 0 Å². The van der Waals surface area contributed by atoms with Gasteiger partial charge >= 0.3 is 0 Å². The number of fused-ring (bicyclic) bond motifs is 3. The maximum absolute atomic E-state index is 13.1. The lowest BCUT2D eigenvalue weighted by Gasteiger charge is -2.35. The molecule has 2 fully saturated rings. The van der Waals surface area contributed by atoms with Gasteiger partial charge in [0, 0.05) is 30.1 Å². The molecule has 4 heteroatoms. The van der Waals surface area contributed by atoms with Gasteiger partial charge in [0.1, 0.15) is 0 Å². The van der Waals surface area contributed by atoms with Crippen molar-refractivity contribution in [3.05, 3.63) is 21.4 Å². The van der Waals surface area contributed by atoms with Crippen LogP contribution in [0.25, 0.3) is 0 Å². The molecular formula is C21H32N2OS. The summed E-state index contributed by atoms with van der Waals surface area (Å²) in [5, 5.41) is 3.68. The van der Waals surface area contributed by atoms with Gasteiger partial charge in [-0.1, -0.05) is 20.8 Å². The highest BCUT2D eigenvalue weighted by Gasteiger charge is 2.37. The molecule has 1 aromatic heterocycles. The van der Waals surface area contributed by atoms with Gasteiger partial charge in [0.25, 0.3) is 5.91 Å². The first kappa shape index (κ1) is 17.5. The third kappa shape index (κ3) is 3.40. The molecule has 2 bridgehead atoms. The number of aryl methyl sites for hydroxylation is 1. The minimum Gasteiger partial charge on any atom is -0.338 e. The van der Waals surface area contributed by atoms with Crippen LogP contribution < -0.4 is 5.32 Å². The van der Waals surface area contributed by atoms with Crippen molar-refractivity contribution in [1.29, 1.82) is 0 Å². The van der Waals surface area contributed by atoms with E-state index in [1.165, 1.54) is 29.7 Å². The Bertz CT molecular complexity index is 647. The first-order chi connectivity index (χ1) is 11.8. The molecule has 0 saturated carbocycles. The van der Waals surface area contributed by atoms with Crippen LogP contribution in [-0.4, -0.2) is 36.0 Å². The zero-order valence-electron chi connectivity index (χ0n) is 16.1. The molecule has 1 N–H and O–H groups in total. The molecular weight excluding hydrogens is 328 g/mol. The van der Waals surface area contributed by atoms with Crippen molar-refractivity contribution in [1.82, 2.24) is 10.2 Å². The van der Waals surface area contributed by atoms with E-state index in [-0.39, 0.29) is 5.91 Å². The Morgan fingerprint density at radius 2 is 1.88 bits per heavy atom. The van der Waals surface area contributed by atoms with Gasteiger partial charge in [0.05, 0.1) is 4.88 Å². The van der Waals surface area contributed by atoms with E-state index in [9.17, 15) is 4.79 Å². The van der Waals surface area contributed by atoms with Crippen LogP contribution in [0.1, 0.15) is 73.0 Å². The molecule has 1 aromatic rings. The quantitative estimate of drug-likeness (QED) is 0.855. The van der Waals surface area contributed by atoms with Crippen molar-refractivity contribution in [2.45, 2.75) is 83.8 Å². The number of thiophene rings is 1. The molecule has 4 rings (SSSR count). The smallest absolute Gasteiger partial charge is 0.263 e. The molecule has 1 aliphatic carbocycles. The van der Waals surface area contributed by atoms with Gasteiger partial charge in [-0.25, -0.2) is 0 Å². The van der Waals surface area contributed by atoms with E-state index in [4.69, 9.17) is 0 Å². The van der Waals surface area contributed by atoms with Gasteiger partial charge in [-0.2, -0.15) is 0 Å². The standard InChI is InChI=1S/C21H32N2OS/c1-21(2,3)14-5-8-18-13(9-14)10-19(25-18)20(24)23(4)17-11-15-6-7-16(12-17)22-15/h10,14-17,22H,5-9,11-12H2,1-4H3. The molecule has 3 heterocycles. The molecule has 25 heavy (non-hydrogen) atoms. The Labute approximate surface area is 156 Å². The van der Waals surface area contributed by atoms with Gasteiger partial charge in [0.15, 0.2) is 0 Å². The number of amides is 1. The summed E-state index contributed by atoms with van der Waals surface area (Å²) in [6.45, 7) is 7.04. The fraction of sp³-hybridized carbons (Fsp3) is 0.762. The highest BCUT2D eigenvalue weighted by molar-refractivity contribution is 7.14. The zero-order valence-corrected chi connectivity index (χ0v) is 16.9. The van der Waals surface area contributed by atoms with Crippen LogP contribution in [0.2, 0.25) is 0 Å². The minimum atomic E-state index is 0.248. The number of nitrogens with zero attached hydrogens (tertiary/aromatic N) is 1. The number of carbonyl (C=O) groups excluding carboxylic acids is 1. The summed E-state index contributed by atoms with van der Waals surface area (Å²) in [5.41, 5.74) is 1.80. The van der Waals surface area contributed by atoms with Crippen LogP contribution in [0.5, 0.6) is 0 Å². The summed E-state index contributed by atoms with van der Waals surface area (Å²) in [5.74, 6) is 0.980. The molecule has 3 nitrogen and oxygen atoms in total. The van der Waals surface area contributed by atoms with Gasteiger partial charge in [-0.3, -0.25) is 4.79 Å². The molecule has 2 aliphatic heterocycles. The van der Waals surface area contributed by atoms with E-state index in [1.807, 2.05) is 11.9 Å². The third-order valence-corrected chi connectivity index (χ3v) is 8.06. The molecule has 0 radical (unpaired) electrons. The summed E-state index contributed by atoms with van der Waals surface area (Å²) < 4.78 is 0. The van der Waals surface area contributed by atoms with Gasteiger partial charge in [-0.05, 0) is 67.9 Å². The molecule has 3 aliphatic rings. The van der Waals surface area contributed by atoms with Crippen molar-refractivity contribution in [2.75, 3.05) is 7.05 Å². The van der Waals surface area contributed by atoms with E-state index in [0.29, 0.717) is 23.5 Å². The van der Waals surface area contributed by atoms with E-state index >= 15 is 0 Å². The molecule has 0 aromatic carbocycles. The van der Waals surface area contributed by atoms with E-state index in [0.717, 1.165) is 36.5 Å². The third-order valence-electron chi connectivity index (χ3n) is 6.83. The van der Waals surface area contributed by atoms with Crippen LogP contribution >= 0.6 is 11.3 Å². The Balaban J connectivity index is 1.47. The number of piperidine rings is 1. The topological polar surface area (TPSA) is 32.3 Å². The maximum atomic E-state index is 13.1. The number of rotatable bonds is 2. The van der Waals surface area contributed by atoms with E-state index in [1.54, 1.807) is 11.3 Å². The second-order valence-corrected chi connectivity index (χ2v) is 10.7. The average Bonchev–Trinajstić information content (AvgIpc) is 3.14. The van der Waals surface area contributed by atoms with Crippen LogP contribution in [0.4, 0.5) is 0 Å². The highest BCUT2D eigenvalue weighted by Crippen LogP contribution is 2.40. The number of hydrogen-bond acceptors (Lipinski definition) is 3. The summed E-state index contributed by atoms with van der Waals surface area (Å²) in [7, 11) is 2.02. The van der Waals surface area contributed by atoms with Gasteiger partial charge < -0.3 is 10.2 Å². The van der Waals surface area contributed by atoms with E-state index < -0.39 is 0 Å². The maximum Gasteiger partial charge on any atom is 0.263 e. The molecule has 138 valence electrons. The second-order valence-electron chi connectivity index (χ2n) is 9.54. The lowest BCUT2D eigenvalue weighted by atomic mass is 9.72. The lowest BCUT2D eigenvalue weighted by molar-refractivity contribution is 0.0686. The monoisotopic (exact) mass is 360 g/mol. The average molecular weight is 361 g/mol. The summed E-state index contributed by atoms with van der Waals surface area (Å²) in [6.07, 6.45) is 8.36. The number of nitrogens with one attached hydrogen (secondary N) is 1. The second kappa shape index (κ2) is 6.38. The molecule has 3 unspecified atom stereocenters. The largest absolute Gasteiger partial charge is 0.338 e. The lowest BCUT2D eigenvalue weighted by Crippen LogP contribution is -2.48. The summed E-state index contributed by atoms with van der Waals surface area (Å²) >= 11 is 1.76. The zero-order chi connectivity index (χ0) is 17.8. The molecule has 3 atom stereocenters. The normalized spacial score (nSPS) is 31.7. The fourth-order valence-corrected chi connectivity index (χ4v) is 6.24.